The molecule has 0 saturated carbocycles. The van der Waals surface area contributed by atoms with E-state index in [2.05, 4.69) is 20.6 Å². The summed E-state index contributed by atoms with van der Waals surface area (Å²) in [5.74, 6) is 0.559. The molecule has 3 aromatic rings. The summed E-state index contributed by atoms with van der Waals surface area (Å²) in [6, 6.07) is 10.6. The van der Waals surface area contributed by atoms with Crippen LogP contribution in [-0.2, 0) is 7.05 Å². The van der Waals surface area contributed by atoms with E-state index in [1.165, 1.54) is 11.1 Å². The van der Waals surface area contributed by atoms with E-state index in [9.17, 15) is 10.1 Å². The molecule has 6 rings (SSSR count). The van der Waals surface area contributed by atoms with Crippen molar-refractivity contribution in [1.29, 1.82) is 5.26 Å². The molecule has 2 unspecified atom stereocenters. The zero-order valence-electron chi connectivity index (χ0n) is 15.5. The Kier molecular flexibility index (Phi) is 3.80. The summed E-state index contributed by atoms with van der Waals surface area (Å²) in [6.07, 6.45) is 3.98. The number of carbonyl (C=O) groups excluding carboxylic acids is 1. The summed E-state index contributed by atoms with van der Waals surface area (Å²) in [7, 11) is 1.71. The highest BCUT2D eigenvalue weighted by Gasteiger charge is 2.34. The molecule has 2 bridgehead atoms. The highest BCUT2D eigenvalue weighted by atomic mass is 16.2. The van der Waals surface area contributed by atoms with E-state index in [4.69, 9.17) is 5.10 Å². The number of nitrogens with zero attached hydrogens (tertiary/aromatic N) is 6. The predicted molar refractivity (Wildman–Crippen MR) is 103 cm³/mol. The molecule has 2 N–H and O–H groups in total. The number of nitriles is 1. The lowest BCUT2D eigenvalue weighted by Crippen LogP contribution is -2.61. The lowest BCUT2D eigenvalue weighted by Gasteiger charge is -2.46. The molecule has 0 aromatic carbocycles. The van der Waals surface area contributed by atoms with Gasteiger partial charge in [0.05, 0.1) is 11.2 Å². The number of aromatic nitrogens is 4. The van der Waals surface area contributed by atoms with Crippen molar-refractivity contribution >= 4 is 22.9 Å². The van der Waals surface area contributed by atoms with Crippen molar-refractivity contribution in [2.75, 3.05) is 23.3 Å². The number of carbonyl (C=O) groups is 1. The van der Waals surface area contributed by atoms with Crippen LogP contribution in [0.3, 0.4) is 0 Å². The van der Waals surface area contributed by atoms with E-state index in [1.54, 1.807) is 23.8 Å². The summed E-state index contributed by atoms with van der Waals surface area (Å²) in [5.41, 5.74) is 1.84. The summed E-state index contributed by atoms with van der Waals surface area (Å²) < 4.78 is 3.17. The Bertz CT molecular complexity index is 1100. The minimum atomic E-state index is -0.323. The van der Waals surface area contributed by atoms with Crippen LogP contribution in [0.1, 0.15) is 29.0 Å². The van der Waals surface area contributed by atoms with Crippen molar-refractivity contribution in [3.63, 3.8) is 0 Å². The van der Waals surface area contributed by atoms with Crippen LogP contribution in [0.2, 0.25) is 0 Å². The maximum absolute atomic E-state index is 12.8. The molecule has 0 radical (unpaired) electrons. The molecule has 1 amide bonds. The highest BCUT2D eigenvalue weighted by molar-refractivity contribution is 6.04. The molecule has 9 nitrogen and oxygen atoms in total. The highest BCUT2D eigenvalue weighted by Crippen LogP contribution is 2.27. The molecule has 0 spiro atoms. The van der Waals surface area contributed by atoms with E-state index in [-0.39, 0.29) is 11.6 Å². The molecule has 0 aliphatic carbocycles. The van der Waals surface area contributed by atoms with Gasteiger partial charge in [0.25, 0.3) is 5.91 Å². The van der Waals surface area contributed by atoms with Crippen LogP contribution in [0.25, 0.3) is 5.52 Å². The molecule has 3 aromatic heterocycles. The minimum Gasteiger partial charge on any atom is -0.349 e. The number of rotatable bonds is 3. The third-order valence-corrected chi connectivity index (χ3v) is 5.55. The second-order valence-corrected chi connectivity index (χ2v) is 7.37. The predicted octanol–water partition coefficient (Wildman–Crippen LogP) is 1.13. The van der Waals surface area contributed by atoms with Gasteiger partial charge in [0.1, 0.15) is 17.6 Å². The van der Waals surface area contributed by atoms with Gasteiger partial charge in [-0.05, 0) is 37.1 Å². The van der Waals surface area contributed by atoms with Crippen molar-refractivity contribution in [2.24, 2.45) is 7.05 Å². The van der Waals surface area contributed by atoms with Crippen LogP contribution < -0.4 is 15.5 Å². The molecule has 9 heteroatoms. The number of hydrogen-bond acceptors (Lipinski definition) is 6. The lowest BCUT2D eigenvalue weighted by molar-refractivity contribution is 0.102. The number of piperidine rings is 2. The second-order valence-electron chi connectivity index (χ2n) is 7.37. The lowest BCUT2D eigenvalue weighted by atomic mass is 9.93. The average Bonchev–Trinajstić information content (AvgIpc) is 3.31. The Labute approximate surface area is 161 Å². The van der Waals surface area contributed by atoms with Crippen molar-refractivity contribution in [3.05, 3.63) is 41.9 Å². The van der Waals surface area contributed by atoms with Gasteiger partial charge in [-0.2, -0.15) is 10.4 Å². The molecule has 2 atom stereocenters. The maximum Gasteiger partial charge on any atom is 0.274 e. The second kappa shape index (κ2) is 6.35. The molecule has 6 heterocycles. The zero-order valence-corrected chi connectivity index (χ0v) is 15.5. The van der Waals surface area contributed by atoms with Crippen LogP contribution in [0, 0.1) is 11.3 Å². The zero-order chi connectivity index (χ0) is 19.3. The van der Waals surface area contributed by atoms with Crippen molar-refractivity contribution in [3.8, 4) is 6.07 Å². The van der Waals surface area contributed by atoms with Crippen LogP contribution in [0.15, 0.2) is 30.5 Å². The van der Waals surface area contributed by atoms with Crippen LogP contribution in [-0.4, -0.2) is 50.5 Å². The van der Waals surface area contributed by atoms with Crippen LogP contribution >= 0.6 is 0 Å². The third-order valence-electron chi connectivity index (χ3n) is 5.55. The van der Waals surface area contributed by atoms with Gasteiger partial charge >= 0.3 is 0 Å². The molecular weight excluding hydrogens is 356 g/mol. The van der Waals surface area contributed by atoms with E-state index >= 15 is 0 Å². The van der Waals surface area contributed by atoms with Crippen LogP contribution in [0.4, 0.5) is 11.5 Å². The minimum absolute atomic E-state index is 0.183. The Hall–Kier alpha value is -3.38. The van der Waals surface area contributed by atoms with E-state index in [1.807, 2.05) is 24.3 Å². The molecule has 3 aliphatic heterocycles. The number of hydrogen-bond donors (Lipinski definition) is 2. The van der Waals surface area contributed by atoms with E-state index in [0.29, 0.717) is 23.5 Å². The summed E-state index contributed by atoms with van der Waals surface area (Å²) in [6.45, 7) is 1.91. The van der Waals surface area contributed by atoms with E-state index < -0.39 is 0 Å². The average molecular weight is 376 g/mol. The number of piperazine rings is 1. The fourth-order valence-electron chi connectivity index (χ4n) is 4.14. The first-order valence-corrected chi connectivity index (χ1v) is 9.36. The van der Waals surface area contributed by atoms with Gasteiger partial charge in [-0.1, -0.05) is 0 Å². The molecule has 3 fully saturated rings. The fourth-order valence-corrected chi connectivity index (χ4v) is 4.14. The Morgan fingerprint density at radius 3 is 2.86 bits per heavy atom. The van der Waals surface area contributed by atoms with Crippen molar-refractivity contribution < 1.29 is 4.79 Å². The standard InChI is InChI=1S/C19H20N8O/c1-25-11-16(15(8-20)23-25)22-19(28)17-6-4-13-5-7-18(24-27(13)17)26-10-12-2-3-14(26)9-21-12/h4-7,11-12,14,21H,2-3,9-10H2,1H3,(H,22,28). The quantitative estimate of drug-likeness (QED) is 0.710. The summed E-state index contributed by atoms with van der Waals surface area (Å²) in [5, 5.41) is 24.3. The molecule has 28 heavy (non-hydrogen) atoms. The SMILES string of the molecule is Cn1cc(NC(=O)c2ccc3ccc(N4CC5CCC4CN5)nn23)c(C#N)n1. The van der Waals surface area contributed by atoms with Gasteiger partial charge in [0.15, 0.2) is 5.69 Å². The number of anilines is 2. The fraction of sp³-hybridized carbons (Fsp3) is 0.368. The van der Waals surface area contributed by atoms with Crippen molar-refractivity contribution in [1.82, 2.24) is 24.7 Å². The monoisotopic (exact) mass is 376 g/mol. The number of fused-ring (bicyclic) bond motifs is 4. The Morgan fingerprint density at radius 2 is 2.14 bits per heavy atom. The molecular formula is C19H20N8O. The molecule has 3 aliphatic rings. The van der Waals surface area contributed by atoms with Gasteiger partial charge in [-0.3, -0.25) is 9.48 Å². The maximum atomic E-state index is 12.8. The summed E-state index contributed by atoms with van der Waals surface area (Å²) in [4.78, 5) is 15.2. The van der Waals surface area contributed by atoms with Gasteiger partial charge in [0, 0.05) is 38.4 Å². The Balaban J connectivity index is 1.46. The summed E-state index contributed by atoms with van der Waals surface area (Å²) >= 11 is 0. The van der Waals surface area contributed by atoms with Gasteiger partial charge in [-0.25, -0.2) is 4.52 Å². The van der Waals surface area contributed by atoms with E-state index in [0.717, 1.165) is 30.8 Å². The van der Waals surface area contributed by atoms with Crippen molar-refractivity contribution in [2.45, 2.75) is 24.9 Å². The third kappa shape index (κ3) is 2.70. The first kappa shape index (κ1) is 16.8. The molecule has 142 valence electrons. The normalized spacial score (nSPS) is 21.1. The Morgan fingerprint density at radius 1 is 1.29 bits per heavy atom. The largest absolute Gasteiger partial charge is 0.349 e. The first-order valence-electron chi connectivity index (χ1n) is 9.36. The first-order chi connectivity index (χ1) is 13.6. The topological polar surface area (TPSA) is 103 Å². The number of amides is 1. The van der Waals surface area contributed by atoms with Crippen LogP contribution in [0.5, 0.6) is 0 Å². The van der Waals surface area contributed by atoms with Gasteiger partial charge in [-0.15, -0.1) is 5.10 Å². The number of nitrogens with one attached hydrogen (secondary N) is 2. The smallest absolute Gasteiger partial charge is 0.274 e. The van der Waals surface area contributed by atoms with Gasteiger partial charge < -0.3 is 15.5 Å². The van der Waals surface area contributed by atoms with Gasteiger partial charge in [0.2, 0.25) is 0 Å². The number of aryl methyl sites for hydroxylation is 1. The molecule has 3 saturated heterocycles.